The zero-order valence-corrected chi connectivity index (χ0v) is 19.2. The lowest BCUT2D eigenvalue weighted by atomic mass is 10.1. The van der Waals surface area contributed by atoms with E-state index < -0.39 is 10.0 Å². The lowest BCUT2D eigenvalue weighted by Crippen LogP contribution is -2.45. The first-order chi connectivity index (χ1) is 15.3. The normalized spacial score (nSPS) is 15.3. The summed E-state index contributed by atoms with van der Waals surface area (Å²) in [4.78, 5) is 15.3. The monoisotopic (exact) mass is 450 g/mol. The van der Waals surface area contributed by atoms with Crippen molar-refractivity contribution >= 4 is 27.3 Å². The van der Waals surface area contributed by atoms with Gasteiger partial charge in [0, 0.05) is 17.8 Å². The number of para-hydroxylation sites is 1. The summed E-state index contributed by atoms with van der Waals surface area (Å²) < 4.78 is 33.7. The van der Waals surface area contributed by atoms with Crippen molar-refractivity contribution in [1.82, 2.24) is 0 Å². The number of sulfonamides is 1. The Morgan fingerprint density at radius 1 is 1.06 bits per heavy atom. The Labute approximate surface area is 189 Å². The molecule has 166 valence electrons. The molecule has 0 unspecified atom stereocenters. The van der Waals surface area contributed by atoms with Gasteiger partial charge in [0.2, 0.25) is 5.91 Å². The third-order valence-corrected chi connectivity index (χ3v) is 7.49. The molecule has 0 fully saturated rings. The molecule has 1 amide bonds. The van der Waals surface area contributed by atoms with E-state index >= 15 is 0 Å². The summed E-state index contributed by atoms with van der Waals surface area (Å²) in [5, 5.41) is 0. The zero-order valence-electron chi connectivity index (χ0n) is 18.4. The fraction of sp³-hybridized carbons (Fsp3) is 0.240. The number of hydrogen-bond acceptors (Lipinski definition) is 4. The summed E-state index contributed by atoms with van der Waals surface area (Å²) in [6, 6.07) is 21.1. The minimum atomic E-state index is -3.99. The predicted molar refractivity (Wildman–Crippen MR) is 126 cm³/mol. The number of amides is 1. The molecule has 0 aromatic heterocycles. The maximum atomic E-state index is 13.6. The van der Waals surface area contributed by atoms with Crippen LogP contribution in [0.4, 0.5) is 11.4 Å². The molecule has 7 heteroatoms. The third kappa shape index (κ3) is 4.08. The van der Waals surface area contributed by atoms with E-state index in [4.69, 9.17) is 4.74 Å². The number of aryl methyl sites for hydroxylation is 1. The van der Waals surface area contributed by atoms with Crippen molar-refractivity contribution in [1.29, 1.82) is 0 Å². The van der Waals surface area contributed by atoms with Crippen molar-refractivity contribution in [3.8, 4) is 5.75 Å². The van der Waals surface area contributed by atoms with Crippen LogP contribution in [0.25, 0.3) is 0 Å². The number of hydrogen-bond donors (Lipinski definition) is 0. The first-order valence-electron chi connectivity index (χ1n) is 10.4. The lowest BCUT2D eigenvalue weighted by Gasteiger charge is -2.29. The van der Waals surface area contributed by atoms with Gasteiger partial charge in [0.1, 0.15) is 12.3 Å². The summed E-state index contributed by atoms with van der Waals surface area (Å²) in [6.07, 6.45) is 0.742. The Morgan fingerprint density at radius 2 is 1.78 bits per heavy atom. The summed E-state index contributed by atoms with van der Waals surface area (Å²) in [5.74, 6) is 0.236. The van der Waals surface area contributed by atoms with Gasteiger partial charge in [-0.3, -0.25) is 9.10 Å². The fourth-order valence-corrected chi connectivity index (χ4v) is 5.47. The molecule has 0 N–H and O–H groups in total. The van der Waals surface area contributed by atoms with Crippen LogP contribution in [0.2, 0.25) is 0 Å². The minimum Gasteiger partial charge on any atom is -0.497 e. The summed E-state index contributed by atoms with van der Waals surface area (Å²) in [7, 11) is -2.47. The average molecular weight is 451 g/mol. The highest BCUT2D eigenvalue weighted by atomic mass is 32.2. The Bertz CT molecular complexity index is 1240. The Hall–Kier alpha value is -3.32. The number of rotatable bonds is 6. The maximum absolute atomic E-state index is 13.6. The SMILES string of the molecule is COc1cccc(N(CC(=O)N2c3ccccc3C[C@H]2C)S(=O)(=O)c2ccc(C)cc2)c1. The standard InChI is InChI=1S/C25H26N2O4S/c1-18-11-13-23(14-12-18)32(29,30)26(21-8-6-9-22(16-21)31-3)17-25(28)27-19(2)15-20-7-4-5-10-24(20)27/h4-14,16,19H,15,17H2,1-3H3/t19-/m1/s1. The number of carbonyl (C=O) groups is 1. The molecular formula is C25H26N2O4S. The quantitative estimate of drug-likeness (QED) is 0.565. The van der Waals surface area contributed by atoms with E-state index in [-0.39, 0.29) is 23.4 Å². The van der Waals surface area contributed by atoms with Gasteiger partial charge in [0.25, 0.3) is 10.0 Å². The molecule has 1 atom stereocenters. The second-order valence-corrected chi connectivity index (χ2v) is 9.83. The van der Waals surface area contributed by atoms with E-state index in [1.165, 1.54) is 7.11 Å². The smallest absolute Gasteiger partial charge is 0.264 e. The Morgan fingerprint density at radius 3 is 2.50 bits per heavy atom. The summed E-state index contributed by atoms with van der Waals surface area (Å²) in [6.45, 7) is 3.55. The van der Waals surface area contributed by atoms with E-state index in [1.807, 2.05) is 38.1 Å². The summed E-state index contributed by atoms with van der Waals surface area (Å²) in [5.41, 5.74) is 3.25. The van der Waals surface area contributed by atoms with Crippen molar-refractivity contribution in [2.24, 2.45) is 0 Å². The molecule has 0 saturated heterocycles. The molecule has 0 aliphatic carbocycles. The van der Waals surface area contributed by atoms with Crippen LogP contribution in [-0.2, 0) is 21.2 Å². The van der Waals surface area contributed by atoms with Crippen LogP contribution < -0.4 is 13.9 Å². The number of nitrogens with zero attached hydrogens (tertiary/aromatic N) is 2. The number of methoxy groups -OCH3 is 1. The van der Waals surface area contributed by atoms with Crippen LogP contribution >= 0.6 is 0 Å². The second-order valence-electron chi connectivity index (χ2n) is 7.97. The highest BCUT2D eigenvalue weighted by Crippen LogP contribution is 2.33. The Balaban J connectivity index is 1.74. The van der Waals surface area contributed by atoms with Gasteiger partial charge in [-0.25, -0.2) is 8.42 Å². The van der Waals surface area contributed by atoms with E-state index in [1.54, 1.807) is 53.4 Å². The van der Waals surface area contributed by atoms with Crippen molar-refractivity contribution in [3.05, 3.63) is 83.9 Å². The molecule has 3 aromatic rings. The van der Waals surface area contributed by atoms with E-state index in [2.05, 4.69) is 0 Å². The molecule has 0 spiro atoms. The largest absolute Gasteiger partial charge is 0.497 e. The molecule has 1 heterocycles. The van der Waals surface area contributed by atoms with Crippen molar-refractivity contribution < 1.29 is 17.9 Å². The molecular weight excluding hydrogens is 424 g/mol. The molecule has 4 rings (SSSR count). The number of carbonyl (C=O) groups excluding carboxylic acids is 1. The van der Waals surface area contributed by atoms with E-state index in [0.717, 1.165) is 27.5 Å². The van der Waals surface area contributed by atoms with Crippen molar-refractivity contribution in [2.75, 3.05) is 22.9 Å². The number of fused-ring (bicyclic) bond motifs is 1. The highest BCUT2D eigenvalue weighted by Gasteiger charge is 2.34. The van der Waals surface area contributed by atoms with Gasteiger partial charge in [-0.05, 0) is 56.2 Å². The maximum Gasteiger partial charge on any atom is 0.264 e. The fourth-order valence-electron chi connectivity index (χ4n) is 4.06. The van der Waals surface area contributed by atoms with Crippen LogP contribution in [0.3, 0.4) is 0 Å². The minimum absolute atomic E-state index is 0.0471. The van der Waals surface area contributed by atoms with Crippen LogP contribution in [0.15, 0.2) is 77.7 Å². The molecule has 0 saturated carbocycles. The van der Waals surface area contributed by atoms with Gasteiger partial charge in [-0.2, -0.15) is 0 Å². The van der Waals surface area contributed by atoms with Gasteiger partial charge in [-0.1, -0.05) is 42.0 Å². The molecule has 3 aromatic carbocycles. The first-order valence-corrected chi connectivity index (χ1v) is 11.9. The van der Waals surface area contributed by atoms with Gasteiger partial charge in [-0.15, -0.1) is 0 Å². The molecule has 0 radical (unpaired) electrons. The van der Waals surface area contributed by atoms with Crippen LogP contribution in [0, 0.1) is 6.92 Å². The Kier molecular flexibility index (Phi) is 5.93. The van der Waals surface area contributed by atoms with Crippen LogP contribution in [0.5, 0.6) is 5.75 Å². The first kappa shape index (κ1) is 21.9. The number of ether oxygens (including phenoxy) is 1. The topological polar surface area (TPSA) is 66.9 Å². The summed E-state index contributed by atoms with van der Waals surface area (Å²) >= 11 is 0. The van der Waals surface area contributed by atoms with E-state index in [9.17, 15) is 13.2 Å². The van der Waals surface area contributed by atoms with Crippen molar-refractivity contribution in [3.63, 3.8) is 0 Å². The van der Waals surface area contributed by atoms with Crippen LogP contribution in [-0.4, -0.2) is 34.0 Å². The van der Waals surface area contributed by atoms with Crippen molar-refractivity contribution in [2.45, 2.75) is 31.2 Å². The van der Waals surface area contributed by atoms with Gasteiger partial charge >= 0.3 is 0 Å². The molecule has 1 aliphatic heterocycles. The number of anilines is 2. The molecule has 0 bridgehead atoms. The van der Waals surface area contributed by atoms with Crippen LogP contribution in [0.1, 0.15) is 18.1 Å². The predicted octanol–water partition coefficient (Wildman–Crippen LogP) is 4.18. The molecule has 32 heavy (non-hydrogen) atoms. The average Bonchev–Trinajstić information content (AvgIpc) is 3.13. The third-order valence-electron chi connectivity index (χ3n) is 5.71. The lowest BCUT2D eigenvalue weighted by molar-refractivity contribution is -0.117. The molecule has 1 aliphatic rings. The molecule has 6 nitrogen and oxygen atoms in total. The van der Waals surface area contributed by atoms with Gasteiger partial charge in [0.15, 0.2) is 0 Å². The van der Waals surface area contributed by atoms with Gasteiger partial charge in [0.05, 0.1) is 17.7 Å². The van der Waals surface area contributed by atoms with Gasteiger partial charge < -0.3 is 9.64 Å². The highest BCUT2D eigenvalue weighted by molar-refractivity contribution is 7.92. The zero-order chi connectivity index (χ0) is 22.9. The number of benzene rings is 3. The second kappa shape index (κ2) is 8.67. The van der Waals surface area contributed by atoms with E-state index in [0.29, 0.717) is 11.4 Å².